The average Bonchev–Trinajstić information content (AvgIpc) is 2.85. The Morgan fingerprint density at radius 1 is 1.10 bits per heavy atom. The highest BCUT2D eigenvalue weighted by Gasteiger charge is 2.39. The normalized spacial score (nSPS) is 13.7. The van der Waals surface area contributed by atoms with Gasteiger partial charge in [-0.2, -0.15) is 0 Å². The van der Waals surface area contributed by atoms with E-state index in [0.29, 0.717) is 22.7 Å². The maximum Gasteiger partial charge on any atom is 0.408 e. The van der Waals surface area contributed by atoms with Crippen molar-refractivity contribution in [3.8, 4) is 0 Å². The fourth-order valence-electron chi connectivity index (χ4n) is 4.23. The minimum Gasteiger partial charge on any atom is -0.444 e. The number of ether oxygens (including phenoxy) is 1. The van der Waals surface area contributed by atoms with Crippen LogP contribution in [0, 0.1) is 12.8 Å². The van der Waals surface area contributed by atoms with Gasteiger partial charge in [-0.05, 0) is 76.3 Å². The number of amides is 3. The molecule has 2 rings (SSSR count). The Morgan fingerprint density at radius 2 is 1.74 bits per heavy atom. The van der Waals surface area contributed by atoms with E-state index in [4.69, 9.17) is 16.3 Å². The van der Waals surface area contributed by atoms with Gasteiger partial charge in [-0.1, -0.05) is 74.9 Å². The van der Waals surface area contributed by atoms with Gasteiger partial charge in [0.2, 0.25) is 5.91 Å². The van der Waals surface area contributed by atoms with Gasteiger partial charge in [-0.25, -0.2) is 4.79 Å². The Bertz CT molecular complexity index is 1170. The lowest BCUT2D eigenvalue weighted by atomic mass is 9.94. The third kappa shape index (κ3) is 8.59. The van der Waals surface area contributed by atoms with Crippen molar-refractivity contribution in [3.63, 3.8) is 0 Å². The number of rotatable bonds is 10. The quantitative estimate of drug-likeness (QED) is 0.326. The molecule has 0 spiro atoms. The van der Waals surface area contributed by atoms with Crippen molar-refractivity contribution < 1.29 is 19.1 Å². The van der Waals surface area contributed by atoms with Gasteiger partial charge in [0.1, 0.15) is 17.7 Å². The number of nitrogens with zero attached hydrogens (tertiary/aromatic N) is 1. The molecule has 7 nitrogen and oxygen atoms in total. The molecule has 0 aliphatic rings. The molecule has 3 atom stereocenters. The van der Waals surface area contributed by atoms with E-state index in [-0.39, 0.29) is 17.9 Å². The van der Waals surface area contributed by atoms with Crippen molar-refractivity contribution in [2.45, 2.75) is 85.5 Å². The second-order valence-corrected chi connectivity index (χ2v) is 11.5. The number of carbonyl (C=O) groups excluding carboxylic acids is 3. The largest absolute Gasteiger partial charge is 0.444 e. The summed E-state index contributed by atoms with van der Waals surface area (Å²) in [6.07, 6.45) is 1.62. The van der Waals surface area contributed by atoms with E-state index in [1.807, 2.05) is 58.9 Å². The first kappa shape index (κ1) is 31.9. The molecule has 0 saturated heterocycles. The number of nitrogens with one attached hydrogen (secondary N) is 2. The van der Waals surface area contributed by atoms with E-state index >= 15 is 0 Å². The summed E-state index contributed by atoms with van der Waals surface area (Å²) in [5.74, 6) is -1.03. The van der Waals surface area contributed by atoms with Gasteiger partial charge in [0.25, 0.3) is 5.91 Å². The van der Waals surface area contributed by atoms with Crippen LogP contribution in [0.3, 0.4) is 0 Å². The molecule has 2 aromatic carbocycles. The molecule has 3 amide bonds. The molecule has 8 heteroatoms. The number of anilines is 1. The van der Waals surface area contributed by atoms with E-state index in [1.165, 1.54) is 4.90 Å². The van der Waals surface area contributed by atoms with Gasteiger partial charge < -0.3 is 20.3 Å². The van der Waals surface area contributed by atoms with Crippen molar-refractivity contribution in [2.75, 3.05) is 5.32 Å². The molecule has 2 aromatic rings. The van der Waals surface area contributed by atoms with Crippen LogP contribution in [0.15, 0.2) is 49.0 Å². The van der Waals surface area contributed by atoms with Gasteiger partial charge in [0.05, 0.1) is 10.7 Å². The van der Waals surface area contributed by atoms with E-state index in [0.717, 1.165) is 11.1 Å². The molecule has 0 heterocycles. The number of carbonyl (C=O) groups is 3. The summed E-state index contributed by atoms with van der Waals surface area (Å²) in [4.78, 5) is 42.6. The van der Waals surface area contributed by atoms with Crippen LogP contribution in [-0.4, -0.2) is 40.5 Å². The van der Waals surface area contributed by atoms with Gasteiger partial charge in [-0.15, -0.1) is 0 Å². The third-order valence-electron chi connectivity index (χ3n) is 6.42. The van der Waals surface area contributed by atoms with Gasteiger partial charge in [0.15, 0.2) is 0 Å². The molecule has 0 aliphatic heterocycles. The zero-order valence-electron chi connectivity index (χ0n) is 24.3. The molecule has 0 aromatic heterocycles. The SMILES string of the molecule is C=Cc1cccc(C(C(=O)Nc2c(C)cccc2Cl)N(C(=O)C(NC(=O)OC(C)(C)C)C(C)CC)C(C)C)c1. The van der Waals surface area contributed by atoms with Crippen LogP contribution in [0.5, 0.6) is 0 Å². The highest BCUT2D eigenvalue weighted by molar-refractivity contribution is 6.34. The highest BCUT2D eigenvalue weighted by Crippen LogP contribution is 2.31. The number of aryl methyl sites for hydroxylation is 1. The molecular formula is C31H42ClN3O4. The molecule has 0 bridgehead atoms. The summed E-state index contributed by atoms with van der Waals surface area (Å²) < 4.78 is 5.46. The van der Waals surface area contributed by atoms with Crippen LogP contribution < -0.4 is 10.6 Å². The van der Waals surface area contributed by atoms with Gasteiger partial charge in [-0.3, -0.25) is 9.59 Å². The first-order valence-electron chi connectivity index (χ1n) is 13.3. The summed E-state index contributed by atoms with van der Waals surface area (Å²) in [6.45, 7) is 18.5. The van der Waals surface area contributed by atoms with Crippen molar-refractivity contribution in [3.05, 3.63) is 70.8 Å². The number of para-hydroxylation sites is 1. The smallest absolute Gasteiger partial charge is 0.408 e. The summed E-state index contributed by atoms with van der Waals surface area (Å²) in [7, 11) is 0. The minimum absolute atomic E-state index is 0.222. The number of hydrogen-bond donors (Lipinski definition) is 2. The predicted octanol–water partition coefficient (Wildman–Crippen LogP) is 7.15. The molecule has 0 fully saturated rings. The number of halogens is 1. The zero-order chi connectivity index (χ0) is 29.5. The van der Waals surface area contributed by atoms with Crippen molar-refractivity contribution in [1.82, 2.24) is 10.2 Å². The first-order chi connectivity index (χ1) is 18.2. The van der Waals surface area contributed by atoms with Crippen molar-refractivity contribution >= 4 is 41.3 Å². The van der Waals surface area contributed by atoms with E-state index in [1.54, 1.807) is 45.0 Å². The Labute approximate surface area is 237 Å². The number of alkyl carbamates (subject to hydrolysis) is 1. The lowest BCUT2D eigenvalue weighted by molar-refractivity contribution is -0.144. The lowest BCUT2D eigenvalue weighted by Gasteiger charge is -2.38. The molecule has 0 radical (unpaired) electrons. The standard InChI is InChI=1S/C31H42ClN3O4/c1-10-20(5)26(34-30(38)39-31(7,8)9)29(37)35(19(3)4)27(23-16-13-15-22(11-2)18-23)28(36)33-25-21(6)14-12-17-24(25)32/h11-20,26-27H,2,10H2,1,3-9H3,(H,33,36)(H,34,38). The topological polar surface area (TPSA) is 87.7 Å². The fourth-order valence-corrected chi connectivity index (χ4v) is 4.50. The average molecular weight is 556 g/mol. The second-order valence-electron chi connectivity index (χ2n) is 11.0. The monoisotopic (exact) mass is 555 g/mol. The Morgan fingerprint density at radius 3 is 2.28 bits per heavy atom. The first-order valence-corrected chi connectivity index (χ1v) is 13.7. The Kier molecular flexibility index (Phi) is 11.2. The van der Waals surface area contributed by atoms with Gasteiger partial charge in [0, 0.05) is 6.04 Å². The summed E-state index contributed by atoms with van der Waals surface area (Å²) in [6, 6.07) is 10.4. The van der Waals surface area contributed by atoms with Crippen LogP contribution in [0.25, 0.3) is 6.08 Å². The van der Waals surface area contributed by atoms with Crippen LogP contribution >= 0.6 is 11.6 Å². The summed E-state index contributed by atoms with van der Waals surface area (Å²) in [5, 5.41) is 6.13. The Balaban J connectivity index is 2.62. The molecule has 2 N–H and O–H groups in total. The maximum absolute atomic E-state index is 14.3. The fraction of sp³-hybridized carbons (Fsp3) is 0.452. The van der Waals surface area contributed by atoms with Crippen LogP contribution in [0.4, 0.5) is 10.5 Å². The number of benzene rings is 2. The predicted molar refractivity (Wildman–Crippen MR) is 159 cm³/mol. The van der Waals surface area contributed by atoms with E-state index in [9.17, 15) is 14.4 Å². The number of hydrogen-bond acceptors (Lipinski definition) is 4. The molecule has 0 saturated carbocycles. The summed E-state index contributed by atoms with van der Waals surface area (Å²) >= 11 is 6.43. The molecule has 3 unspecified atom stereocenters. The molecular weight excluding hydrogens is 514 g/mol. The molecule has 0 aliphatic carbocycles. The zero-order valence-corrected chi connectivity index (χ0v) is 25.1. The summed E-state index contributed by atoms with van der Waals surface area (Å²) in [5.41, 5.74) is 1.96. The minimum atomic E-state index is -1.01. The molecule has 212 valence electrons. The van der Waals surface area contributed by atoms with E-state index in [2.05, 4.69) is 17.2 Å². The van der Waals surface area contributed by atoms with Crippen LogP contribution in [0.1, 0.15) is 77.6 Å². The Hall–Kier alpha value is -3.32. The lowest BCUT2D eigenvalue weighted by Crippen LogP contribution is -2.56. The van der Waals surface area contributed by atoms with E-state index < -0.39 is 29.7 Å². The van der Waals surface area contributed by atoms with Crippen LogP contribution in [-0.2, 0) is 14.3 Å². The maximum atomic E-state index is 14.3. The second kappa shape index (κ2) is 13.7. The van der Waals surface area contributed by atoms with Crippen LogP contribution in [0.2, 0.25) is 5.02 Å². The third-order valence-corrected chi connectivity index (χ3v) is 6.74. The van der Waals surface area contributed by atoms with Crippen molar-refractivity contribution in [1.29, 1.82) is 0 Å². The van der Waals surface area contributed by atoms with Crippen molar-refractivity contribution in [2.24, 2.45) is 5.92 Å². The highest BCUT2D eigenvalue weighted by atomic mass is 35.5. The molecule has 39 heavy (non-hydrogen) atoms. The van der Waals surface area contributed by atoms with Gasteiger partial charge >= 0.3 is 6.09 Å².